The van der Waals surface area contributed by atoms with E-state index in [-0.39, 0.29) is 0 Å². The Bertz CT molecular complexity index is 336. The van der Waals surface area contributed by atoms with Crippen LogP contribution in [0.4, 0.5) is 0 Å². The quantitative estimate of drug-likeness (QED) is 0.821. The fraction of sp³-hybridized carbons (Fsp3) is 0.625. The van der Waals surface area contributed by atoms with Crippen LogP contribution in [-0.2, 0) is 6.42 Å². The Labute approximate surface area is 126 Å². The van der Waals surface area contributed by atoms with E-state index in [0.29, 0.717) is 6.04 Å². The van der Waals surface area contributed by atoms with Crippen molar-refractivity contribution >= 4 is 23.5 Å². The Morgan fingerprint density at radius 3 is 2.79 bits per heavy atom. The molecule has 3 heteroatoms. The highest BCUT2D eigenvalue weighted by Gasteiger charge is 2.23. The zero-order chi connectivity index (χ0) is 13.3. The molecule has 1 nitrogen and oxygen atoms in total. The highest BCUT2D eigenvalue weighted by Crippen LogP contribution is 2.28. The summed E-state index contributed by atoms with van der Waals surface area (Å²) in [5.74, 6) is 3.98. The summed E-state index contributed by atoms with van der Waals surface area (Å²) in [6.45, 7) is 3.41. The van der Waals surface area contributed by atoms with Gasteiger partial charge in [0.15, 0.2) is 0 Å². The van der Waals surface area contributed by atoms with Crippen molar-refractivity contribution in [2.45, 2.75) is 37.5 Å². The van der Waals surface area contributed by atoms with Crippen LogP contribution in [0.15, 0.2) is 30.3 Å². The molecule has 0 aliphatic carbocycles. The smallest absolute Gasteiger partial charge is 0.0292 e. The third-order valence-corrected chi connectivity index (χ3v) is 6.45. The van der Waals surface area contributed by atoms with Crippen molar-refractivity contribution in [1.29, 1.82) is 0 Å². The molecule has 2 rings (SSSR count). The molecule has 1 aliphatic heterocycles. The number of benzene rings is 1. The Morgan fingerprint density at radius 2 is 2.11 bits per heavy atom. The van der Waals surface area contributed by atoms with Gasteiger partial charge < -0.3 is 5.32 Å². The molecule has 1 saturated heterocycles. The van der Waals surface area contributed by atoms with E-state index < -0.39 is 0 Å². The first-order valence-electron chi connectivity index (χ1n) is 7.37. The minimum absolute atomic E-state index is 0.679. The van der Waals surface area contributed by atoms with Crippen LogP contribution in [0.5, 0.6) is 0 Å². The molecule has 1 heterocycles. The maximum Gasteiger partial charge on any atom is 0.0292 e. The third-order valence-electron chi connectivity index (χ3n) is 3.53. The molecule has 0 bridgehead atoms. The summed E-state index contributed by atoms with van der Waals surface area (Å²) in [6, 6.07) is 11.6. The van der Waals surface area contributed by atoms with Crippen molar-refractivity contribution in [2.24, 2.45) is 0 Å². The fourth-order valence-electron chi connectivity index (χ4n) is 2.45. The van der Waals surface area contributed by atoms with E-state index >= 15 is 0 Å². The molecule has 0 aromatic heterocycles. The number of thioether (sulfide) groups is 2. The second-order valence-electron chi connectivity index (χ2n) is 5.07. The van der Waals surface area contributed by atoms with Crippen molar-refractivity contribution in [3.8, 4) is 0 Å². The summed E-state index contributed by atoms with van der Waals surface area (Å²) in [6.07, 6.45) is 3.69. The van der Waals surface area contributed by atoms with Crippen LogP contribution in [0.25, 0.3) is 0 Å². The first-order chi connectivity index (χ1) is 9.40. The summed E-state index contributed by atoms with van der Waals surface area (Å²) in [7, 11) is 0. The maximum absolute atomic E-state index is 3.78. The zero-order valence-electron chi connectivity index (χ0n) is 11.8. The first kappa shape index (κ1) is 15.3. The van der Waals surface area contributed by atoms with Gasteiger partial charge in [-0.3, -0.25) is 0 Å². The molecule has 0 radical (unpaired) electrons. The summed E-state index contributed by atoms with van der Waals surface area (Å²) in [5, 5.41) is 4.58. The van der Waals surface area contributed by atoms with E-state index in [9.17, 15) is 0 Å². The Kier molecular flexibility index (Phi) is 7.18. The van der Waals surface area contributed by atoms with Gasteiger partial charge in [0.2, 0.25) is 0 Å². The molecule has 1 aromatic rings. The van der Waals surface area contributed by atoms with Gasteiger partial charge >= 0.3 is 0 Å². The fourth-order valence-corrected chi connectivity index (χ4v) is 5.38. The normalized spacial score (nSPS) is 21.2. The summed E-state index contributed by atoms with van der Waals surface area (Å²) in [5.41, 5.74) is 1.47. The van der Waals surface area contributed by atoms with Crippen LogP contribution < -0.4 is 5.32 Å². The zero-order valence-corrected chi connectivity index (χ0v) is 13.4. The predicted molar refractivity (Wildman–Crippen MR) is 90.4 cm³/mol. The number of hydrogen-bond donors (Lipinski definition) is 1. The van der Waals surface area contributed by atoms with Gasteiger partial charge in [0, 0.05) is 28.6 Å². The molecule has 1 fully saturated rings. The lowest BCUT2D eigenvalue weighted by Crippen LogP contribution is -2.41. The highest BCUT2D eigenvalue weighted by molar-refractivity contribution is 8.06. The van der Waals surface area contributed by atoms with Crippen LogP contribution >= 0.6 is 23.5 Å². The predicted octanol–water partition coefficient (Wildman–Crippen LogP) is 3.84. The van der Waals surface area contributed by atoms with Gasteiger partial charge in [0.05, 0.1) is 0 Å². The Morgan fingerprint density at radius 1 is 1.26 bits per heavy atom. The number of rotatable bonds is 7. The van der Waals surface area contributed by atoms with Gasteiger partial charge in [0.25, 0.3) is 0 Å². The van der Waals surface area contributed by atoms with E-state index in [1.165, 1.54) is 42.1 Å². The number of nitrogens with one attached hydrogen (secondary N) is 1. The van der Waals surface area contributed by atoms with Crippen LogP contribution in [0.3, 0.4) is 0 Å². The van der Waals surface area contributed by atoms with Crippen molar-refractivity contribution in [1.82, 2.24) is 5.32 Å². The second-order valence-corrected chi connectivity index (χ2v) is 7.57. The van der Waals surface area contributed by atoms with Gasteiger partial charge in [0.1, 0.15) is 0 Å². The SMILES string of the molecule is CCCNC(CCc1ccccc1)C1CSCCS1. The van der Waals surface area contributed by atoms with Crippen LogP contribution in [0.1, 0.15) is 25.3 Å². The highest BCUT2D eigenvalue weighted by atomic mass is 32.2. The lowest BCUT2D eigenvalue weighted by atomic mass is 10.0. The standard InChI is InChI=1S/C16H25NS2/c1-2-10-17-15(16-13-18-11-12-19-16)9-8-14-6-4-3-5-7-14/h3-7,15-17H,2,8-13H2,1H3. The van der Waals surface area contributed by atoms with Gasteiger partial charge in [-0.05, 0) is 31.4 Å². The average molecular weight is 296 g/mol. The summed E-state index contributed by atoms with van der Waals surface area (Å²) >= 11 is 4.30. The van der Waals surface area contributed by atoms with E-state index in [1.54, 1.807) is 0 Å². The second kappa shape index (κ2) is 8.93. The molecule has 2 unspecified atom stereocenters. The van der Waals surface area contributed by atoms with Crippen molar-refractivity contribution in [2.75, 3.05) is 23.8 Å². The molecule has 1 N–H and O–H groups in total. The average Bonchev–Trinajstić information content (AvgIpc) is 2.49. The first-order valence-corrected chi connectivity index (χ1v) is 9.57. The van der Waals surface area contributed by atoms with Crippen LogP contribution in [-0.4, -0.2) is 35.1 Å². The van der Waals surface area contributed by atoms with Gasteiger partial charge in [-0.2, -0.15) is 23.5 Å². The Balaban J connectivity index is 1.85. The third kappa shape index (κ3) is 5.41. The molecule has 1 aromatic carbocycles. The molecule has 0 amide bonds. The molecular weight excluding hydrogens is 270 g/mol. The molecule has 19 heavy (non-hydrogen) atoms. The Hall–Kier alpha value is -0.120. The van der Waals surface area contributed by atoms with Crippen LogP contribution in [0.2, 0.25) is 0 Å². The topological polar surface area (TPSA) is 12.0 Å². The lowest BCUT2D eigenvalue weighted by molar-refractivity contribution is 0.479. The van der Waals surface area contributed by atoms with Crippen LogP contribution in [0, 0.1) is 0 Å². The number of hydrogen-bond acceptors (Lipinski definition) is 3. The molecule has 0 spiro atoms. The largest absolute Gasteiger partial charge is 0.313 e. The lowest BCUT2D eigenvalue weighted by Gasteiger charge is -2.30. The number of aryl methyl sites for hydroxylation is 1. The maximum atomic E-state index is 3.78. The minimum Gasteiger partial charge on any atom is -0.313 e. The van der Waals surface area contributed by atoms with E-state index in [4.69, 9.17) is 0 Å². The van der Waals surface area contributed by atoms with Crippen molar-refractivity contribution < 1.29 is 0 Å². The molecule has 106 valence electrons. The van der Waals surface area contributed by atoms with Crippen molar-refractivity contribution in [3.05, 3.63) is 35.9 Å². The summed E-state index contributed by atoms with van der Waals surface area (Å²) < 4.78 is 0. The van der Waals surface area contributed by atoms with E-state index in [1.807, 2.05) is 0 Å². The molecule has 1 aliphatic rings. The van der Waals surface area contributed by atoms with E-state index in [0.717, 1.165) is 11.8 Å². The monoisotopic (exact) mass is 295 g/mol. The molecule has 0 saturated carbocycles. The van der Waals surface area contributed by atoms with E-state index in [2.05, 4.69) is 66.1 Å². The van der Waals surface area contributed by atoms with Crippen molar-refractivity contribution in [3.63, 3.8) is 0 Å². The van der Waals surface area contributed by atoms with Gasteiger partial charge in [-0.1, -0.05) is 37.3 Å². The van der Waals surface area contributed by atoms with Gasteiger partial charge in [-0.25, -0.2) is 0 Å². The minimum atomic E-state index is 0.679. The molecular formula is C16H25NS2. The molecule has 2 atom stereocenters. The summed E-state index contributed by atoms with van der Waals surface area (Å²) in [4.78, 5) is 0. The van der Waals surface area contributed by atoms with Gasteiger partial charge in [-0.15, -0.1) is 0 Å².